The van der Waals surface area contributed by atoms with Gasteiger partial charge in [-0.1, -0.05) is 12.1 Å². The molecule has 1 N–H and O–H groups in total. The molecule has 0 spiro atoms. The second-order valence-electron chi connectivity index (χ2n) is 7.92. The average molecular weight is 498 g/mol. The quantitative estimate of drug-likeness (QED) is 0.502. The normalized spacial score (nSPS) is 12.9. The zero-order valence-corrected chi connectivity index (χ0v) is 21.3. The van der Waals surface area contributed by atoms with Crippen LogP contribution in [0, 0.1) is 13.8 Å². The molecule has 182 valence electrons. The van der Waals surface area contributed by atoms with Crippen LogP contribution in [0.5, 0.6) is 5.75 Å². The Morgan fingerprint density at radius 1 is 1.03 bits per heavy atom. The summed E-state index contributed by atoms with van der Waals surface area (Å²) < 4.78 is 56.9. The number of hydrogen-bond donors (Lipinski definition) is 1. The maximum absolute atomic E-state index is 12.7. The number of amides is 1. The highest BCUT2D eigenvalue weighted by atomic mass is 32.2. The summed E-state index contributed by atoms with van der Waals surface area (Å²) in [6, 6.07) is 10.4. The predicted octanol–water partition coefficient (Wildman–Crippen LogP) is 1.90. The predicted molar refractivity (Wildman–Crippen MR) is 129 cm³/mol. The van der Waals surface area contributed by atoms with E-state index in [0.29, 0.717) is 11.4 Å². The van der Waals surface area contributed by atoms with Crippen molar-refractivity contribution in [2.75, 3.05) is 37.8 Å². The number of aryl methyl sites for hydroxylation is 2. The van der Waals surface area contributed by atoms with Crippen molar-refractivity contribution in [1.29, 1.82) is 0 Å². The highest BCUT2D eigenvalue weighted by Crippen LogP contribution is 2.26. The van der Waals surface area contributed by atoms with Crippen LogP contribution in [0.3, 0.4) is 0 Å². The van der Waals surface area contributed by atoms with E-state index in [9.17, 15) is 21.6 Å². The topological polar surface area (TPSA) is 113 Å². The first kappa shape index (κ1) is 26.6. The molecule has 0 fully saturated rings. The lowest BCUT2D eigenvalue weighted by molar-refractivity contribution is -0.121. The fourth-order valence-corrected chi connectivity index (χ4v) is 5.27. The third-order valence-corrected chi connectivity index (χ3v) is 8.02. The summed E-state index contributed by atoms with van der Waals surface area (Å²) >= 11 is 0. The molecule has 1 amide bonds. The van der Waals surface area contributed by atoms with Gasteiger partial charge in [-0.25, -0.2) is 21.1 Å². The van der Waals surface area contributed by atoms with E-state index in [1.54, 1.807) is 13.0 Å². The average Bonchev–Trinajstić information content (AvgIpc) is 2.72. The number of sulfonamides is 2. The molecule has 1 atom stereocenters. The van der Waals surface area contributed by atoms with Crippen molar-refractivity contribution in [3.63, 3.8) is 0 Å². The Bertz CT molecular complexity index is 1190. The number of nitrogens with zero attached hydrogens (tertiary/aromatic N) is 2. The summed E-state index contributed by atoms with van der Waals surface area (Å²) in [5.41, 5.74) is 2.09. The molecule has 0 heterocycles. The molecule has 0 saturated heterocycles. The van der Waals surface area contributed by atoms with Crippen molar-refractivity contribution < 1.29 is 26.4 Å². The molecule has 11 heteroatoms. The Kier molecular flexibility index (Phi) is 8.50. The molecule has 2 aromatic carbocycles. The van der Waals surface area contributed by atoms with Crippen LogP contribution in [-0.2, 0) is 24.8 Å². The summed E-state index contributed by atoms with van der Waals surface area (Å²) in [6.07, 6.45) is 1.07. The third-order valence-electron chi connectivity index (χ3n) is 4.96. The number of rotatable bonds is 10. The van der Waals surface area contributed by atoms with Gasteiger partial charge in [0.15, 0.2) is 0 Å². The summed E-state index contributed by atoms with van der Waals surface area (Å²) in [4.78, 5) is 12.8. The number of benzene rings is 2. The van der Waals surface area contributed by atoms with E-state index < -0.39 is 32.0 Å². The lowest BCUT2D eigenvalue weighted by atomic mass is 10.1. The highest BCUT2D eigenvalue weighted by Gasteiger charge is 2.30. The standard InChI is InChI=1S/C22H31N3O6S2/c1-16-7-8-17(2)21(15-16)25(32(6,27)28)18(3)22(26)23-13-14-31-19-9-11-20(12-10-19)33(29,30)24(4)5/h7-12,15,18H,13-14H2,1-6H3,(H,23,26)/t18-/m0/s1. The monoisotopic (exact) mass is 497 g/mol. The zero-order chi connectivity index (χ0) is 25.0. The SMILES string of the molecule is Cc1ccc(C)c(N([C@@H](C)C(=O)NCCOc2ccc(S(=O)(=O)N(C)C)cc2)S(C)(=O)=O)c1. The van der Waals surface area contributed by atoms with Crippen LogP contribution < -0.4 is 14.4 Å². The lowest BCUT2D eigenvalue weighted by Crippen LogP contribution is -2.48. The molecule has 0 saturated carbocycles. The minimum absolute atomic E-state index is 0.126. The highest BCUT2D eigenvalue weighted by molar-refractivity contribution is 7.92. The molecule has 2 aromatic rings. The molecule has 0 unspecified atom stereocenters. The van der Waals surface area contributed by atoms with Gasteiger partial charge in [-0.3, -0.25) is 9.10 Å². The maximum atomic E-state index is 12.7. The van der Waals surface area contributed by atoms with Crippen molar-refractivity contribution in [3.05, 3.63) is 53.6 Å². The van der Waals surface area contributed by atoms with Gasteiger partial charge in [0.2, 0.25) is 26.0 Å². The fourth-order valence-electron chi connectivity index (χ4n) is 3.15. The van der Waals surface area contributed by atoms with Crippen molar-refractivity contribution >= 4 is 31.6 Å². The largest absolute Gasteiger partial charge is 0.492 e. The van der Waals surface area contributed by atoms with Crippen LogP contribution in [-0.4, -0.2) is 66.6 Å². The molecular formula is C22H31N3O6S2. The lowest BCUT2D eigenvalue weighted by Gasteiger charge is -2.29. The van der Waals surface area contributed by atoms with Gasteiger partial charge in [0.1, 0.15) is 18.4 Å². The smallest absolute Gasteiger partial charge is 0.243 e. The first-order valence-electron chi connectivity index (χ1n) is 10.2. The van der Waals surface area contributed by atoms with Gasteiger partial charge in [-0.15, -0.1) is 0 Å². The van der Waals surface area contributed by atoms with E-state index in [-0.39, 0.29) is 18.0 Å². The van der Waals surface area contributed by atoms with Gasteiger partial charge in [0.25, 0.3) is 0 Å². The zero-order valence-electron chi connectivity index (χ0n) is 19.7. The maximum Gasteiger partial charge on any atom is 0.243 e. The molecule has 0 aliphatic heterocycles. The molecule has 0 aliphatic carbocycles. The Balaban J connectivity index is 2.00. The third kappa shape index (κ3) is 6.68. The number of carbonyl (C=O) groups excluding carboxylic acids is 1. The van der Waals surface area contributed by atoms with Crippen molar-refractivity contribution in [2.45, 2.75) is 31.7 Å². The summed E-state index contributed by atoms with van der Waals surface area (Å²) in [7, 11) is -4.32. The minimum Gasteiger partial charge on any atom is -0.492 e. The van der Waals surface area contributed by atoms with E-state index in [4.69, 9.17) is 4.74 Å². The Morgan fingerprint density at radius 3 is 2.18 bits per heavy atom. The number of carbonyl (C=O) groups is 1. The van der Waals surface area contributed by atoms with Crippen LogP contribution >= 0.6 is 0 Å². The van der Waals surface area contributed by atoms with Crippen LogP contribution in [0.4, 0.5) is 5.69 Å². The first-order valence-corrected chi connectivity index (χ1v) is 13.5. The second-order valence-corrected chi connectivity index (χ2v) is 11.9. The summed E-state index contributed by atoms with van der Waals surface area (Å²) in [5.74, 6) is -0.0134. The molecule has 0 radical (unpaired) electrons. The van der Waals surface area contributed by atoms with E-state index in [2.05, 4.69) is 5.32 Å². The van der Waals surface area contributed by atoms with Crippen LogP contribution in [0.15, 0.2) is 47.4 Å². The van der Waals surface area contributed by atoms with Gasteiger partial charge in [-0.2, -0.15) is 0 Å². The number of anilines is 1. The van der Waals surface area contributed by atoms with Gasteiger partial charge < -0.3 is 10.1 Å². The van der Waals surface area contributed by atoms with Gasteiger partial charge in [0, 0.05) is 14.1 Å². The van der Waals surface area contributed by atoms with E-state index in [1.807, 2.05) is 19.1 Å². The summed E-state index contributed by atoms with van der Waals surface area (Å²) in [6.45, 7) is 5.45. The van der Waals surface area contributed by atoms with E-state index in [0.717, 1.165) is 26.0 Å². The Morgan fingerprint density at radius 2 is 1.64 bits per heavy atom. The number of ether oxygens (including phenoxy) is 1. The molecule has 0 aliphatic rings. The molecule has 33 heavy (non-hydrogen) atoms. The van der Waals surface area contributed by atoms with Crippen molar-refractivity contribution in [2.24, 2.45) is 0 Å². The Labute approximate surface area is 196 Å². The van der Waals surface area contributed by atoms with Gasteiger partial charge in [-0.05, 0) is 62.2 Å². The number of hydrogen-bond acceptors (Lipinski definition) is 6. The van der Waals surface area contributed by atoms with Crippen LogP contribution in [0.2, 0.25) is 0 Å². The van der Waals surface area contributed by atoms with Gasteiger partial charge in [0.05, 0.1) is 23.4 Å². The van der Waals surface area contributed by atoms with Crippen molar-refractivity contribution in [1.82, 2.24) is 9.62 Å². The number of nitrogens with one attached hydrogen (secondary N) is 1. The van der Waals surface area contributed by atoms with Gasteiger partial charge >= 0.3 is 0 Å². The van der Waals surface area contributed by atoms with Crippen molar-refractivity contribution in [3.8, 4) is 5.75 Å². The Hall–Kier alpha value is -2.63. The van der Waals surface area contributed by atoms with E-state index in [1.165, 1.54) is 45.3 Å². The van der Waals surface area contributed by atoms with E-state index >= 15 is 0 Å². The van der Waals surface area contributed by atoms with Crippen LogP contribution in [0.25, 0.3) is 0 Å². The summed E-state index contributed by atoms with van der Waals surface area (Å²) in [5, 5.41) is 2.69. The van der Waals surface area contributed by atoms with Crippen LogP contribution in [0.1, 0.15) is 18.1 Å². The molecule has 2 rings (SSSR count). The molecular weight excluding hydrogens is 466 g/mol. The minimum atomic E-state index is -3.71. The fraction of sp³-hybridized carbons (Fsp3) is 0.409. The first-order chi connectivity index (χ1) is 15.2. The molecule has 0 aromatic heterocycles. The molecule has 0 bridgehead atoms. The second kappa shape index (κ2) is 10.5. The molecule has 9 nitrogen and oxygen atoms in total.